The van der Waals surface area contributed by atoms with E-state index in [0.717, 1.165) is 0 Å². The summed E-state index contributed by atoms with van der Waals surface area (Å²) in [5, 5.41) is 0.890. The van der Waals surface area contributed by atoms with E-state index >= 15 is 0 Å². The third kappa shape index (κ3) is 4.64. The van der Waals surface area contributed by atoms with Gasteiger partial charge in [0.25, 0.3) is 0 Å². The SMILES string of the molecule is COCCC(N)CC(=O)c1cc(Cl)ccc1Cl. The topological polar surface area (TPSA) is 52.3 Å². The second kappa shape index (κ2) is 6.97. The van der Waals surface area contributed by atoms with E-state index in [1.807, 2.05) is 0 Å². The minimum absolute atomic E-state index is 0.0962. The molecule has 94 valence electrons. The Hall–Kier alpha value is -0.610. The molecule has 0 spiro atoms. The van der Waals surface area contributed by atoms with Crippen LogP contribution in [0.5, 0.6) is 0 Å². The molecule has 0 aliphatic rings. The molecule has 3 nitrogen and oxygen atoms in total. The third-order valence-corrected chi connectivity index (χ3v) is 2.93. The van der Waals surface area contributed by atoms with Gasteiger partial charge in [-0.3, -0.25) is 4.79 Å². The number of carbonyl (C=O) groups excluding carboxylic acids is 1. The van der Waals surface area contributed by atoms with E-state index in [1.165, 1.54) is 0 Å². The van der Waals surface area contributed by atoms with E-state index in [2.05, 4.69) is 0 Å². The van der Waals surface area contributed by atoms with Crippen molar-refractivity contribution in [3.63, 3.8) is 0 Å². The Bertz CT molecular complexity index is 396. The fraction of sp³-hybridized carbons (Fsp3) is 0.417. The van der Waals surface area contributed by atoms with Crippen LogP contribution in [-0.4, -0.2) is 25.5 Å². The number of methoxy groups -OCH3 is 1. The fourth-order valence-corrected chi connectivity index (χ4v) is 1.83. The minimum Gasteiger partial charge on any atom is -0.385 e. The lowest BCUT2D eigenvalue weighted by Gasteiger charge is -2.10. The van der Waals surface area contributed by atoms with Gasteiger partial charge in [0, 0.05) is 36.8 Å². The van der Waals surface area contributed by atoms with E-state index in [9.17, 15) is 4.79 Å². The summed E-state index contributed by atoms with van der Waals surface area (Å²) in [6.07, 6.45) is 0.879. The first-order valence-electron chi connectivity index (χ1n) is 5.27. The zero-order chi connectivity index (χ0) is 12.8. The first kappa shape index (κ1) is 14.5. The first-order valence-corrected chi connectivity index (χ1v) is 6.03. The molecule has 1 unspecified atom stereocenters. The molecule has 1 aromatic carbocycles. The second-order valence-electron chi connectivity index (χ2n) is 3.79. The maximum atomic E-state index is 11.9. The van der Waals surface area contributed by atoms with Gasteiger partial charge in [-0.05, 0) is 24.6 Å². The van der Waals surface area contributed by atoms with Crippen LogP contribution in [0.4, 0.5) is 0 Å². The van der Waals surface area contributed by atoms with Crippen LogP contribution in [-0.2, 0) is 4.74 Å². The standard InChI is InChI=1S/C12H15Cl2NO2/c1-17-5-4-9(15)7-12(16)10-6-8(13)2-3-11(10)14/h2-3,6,9H,4-5,7,15H2,1H3. The average molecular weight is 276 g/mol. The number of rotatable bonds is 6. The summed E-state index contributed by atoms with van der Waals surface area (Å²) in [4.78, 5) is 11.9. The molecule has 1 atom stereocenters. The quantitative estimate of drug-likeness (QED) is 0.813. The van der Waals surface area contributed by atoms with Crippen LogP contribution in [0.3, 0.4) is 0 Å². The lowest BCUT2D eigenvalue weighted by atomic mass is 10.0. The molecule has 0 amide bonds. The van der Waals surface area contributed by atoms with Gasteiger partial charge in [0.1, 0.15) is 0 Å². The molecule has 17 heavy (non-hydrogen) atoms. The van der Waals surface area contributed by atoms with Gasteiger partial charge in [-0.15, -0.1) is 0 Å². The molecule has 1 aromatic rings. The normalized spacial score (nSPS) is 12.5. The fourth-order valence-electron chi connectivity index (χ4n) is 1.43. The Balaban J connectivity index is 2.66. The van der Waals surface area contributed by atoms with Gasteiger partial charge in [0.2, 0.25) is 0 Å². The number of halogens is 2. The summed E-state index contributed by atoms with van der Waals surface area (Å²) in [7, 11) is 1.60. The lowest BCUT2D eigenvalue weighted by molar-refractivity contribution is 0.0967. The van der Waals surface area contributed by atoms with Crippen molar-refractivity contribution in [3.05, 3.63) is 33.8 Å². The zero-order valence-corrected chi connectivity index (χ0v) is 11.1. The molecule has 0 fully saturated rings. The lowest BCUT2D eigenvalue weighted by Crippen LogP contribution is -2.25. The molecule has 0 aliphatic heterocycles. The number of ketones is 1. The number of hydrogen-bond donors (Lipinski definition) is 1. The molecule has 0 aromatic heterocycles. The smallest absolute Gasteiger partial charge is 0.165 e. The molecule has 5 heteroatoms. The van der Waals surface area contributed by atoms with Gasteiger partial charge in [0.15, 0.2) is 5.78 Å². The Labute approximate surface area is 111 Å². The Morgan fingerprint density at radius 1 is 1.47 bits per heavy atom. The highest BCUT2D eigenvalue weighted by atomic mass is 35.5. The van der Waals surface area contributed by atoms with Gasteiger partial charge in [-0.25, -0.2) is 0 Å². The molecule has 2 N–H and O–H groups in total. The molecule has 0 bridgehead atoms. The number of nitrogens with two attached hydrogens (primary N) is 1. The van der Waals surface area contributed by atoms with E-state index < -0.39 is 0 Å². The van der Waals surface area contributed by atoms with Crippen molar-refractivity contribution in [2.24, 2.45) is 5.73 Å². The first-order chi connectivity index (χ1) is 8.04. The maximum Gasteiger partial charge on any atom is 0.165 e. The number of carbonyl (C=O) groups is 1. The summed E-state index contributed by atoms with van der Waals surface area (Å²) in [5.41, 5.74) is 6.23. The number of Topliss-reactive ketones (excluding diaryl/α,β-unsaturated/α-hetero) is 1. The molecule has 0 saturated carbocycles. The van der Waals surface area contributed by atoms with Gasteiger partial charge in [-0.1, -0.05) is 23.2 Å². The molecule has 0 radical (unpaired) electrons. The zero-order valence-electron chi connectivity index (χ0n) is 9.58. The molecule has 0 aliphatic carbocycles. The highest BCUT2D eigenvalue weighted by Crippen LogP contribution is 2.22. The highest BCUT2D eigenvalue weighted by molar-refractivity contribution is 6.35. The van der Waals surface area contributed by atoms with Crippen LogP contribution >= 0.6 is 23.2 Å². The molecular formula is C12H15Cl2NO2. The molecule has 0 saturated heterocycles. The van der Waals surface area contributed by atoms with Crippen LogP contribution in [0.2, 0.25) is 10.0 Å². The number of benzene rings is 1. The maximum absolute atomic E-state index is 11.9. The Kier molecular flexibility index (Phi) is 5.92. The summed E-state index contributed by atoms with van der Waals surface area (Å²) in [6.45, 7) is 0.539. The predicted molar refractivity (Wildman–Crippen MR) is 69.9 cm³/mol. The van der Waals surface area contributed by atoms with E-state index in [-0.39, 0.29) is 18.2 Å². The highest BCUT2D eigenvalue weighted by Gasteiger charge is 2.14. The minimum atomic E-state index is -0.225. The summed E-state index contributed by atoms with van der Waals surface area (Å²) < 4.78 is 4.90. The van der Waals surface area contributed by atoms with Crippen LogP contribution in [0, 0.1) is 0 Å². The van der Waals surface area contributed by atoms with E-state index in [4.69, 9.17) is 33.7 Å². The van der Waals surface area contributed by atoms with Gasteiger partial charge < -0.3 is 10.5 Å². The van der Waals surface area contributed by atoms with Crippen molar-refractivity contribution in [2.45, 2.75) is 18.9 Å². The average Bonchev–Trinajstić information content (AvgIpc) is 2.29. The Morgan fingerprint density at radius 3 is 2.82 bits per heavy atom. The van der Waals surface area contributed by atoms with Crippen LogP contribution in [0.1, 0.15) is 23.2 Å². The van der Waals surface area contributed by atoms with Crippen LogP contribution < -0.4 is 5.73 Å². The third-order valence-electron chi connectivity index (χ3n) is 2.37. The van der Waals surface area contributed by atoms with Crippen molar-refractivity contribution >= 4 is 29.0 Å². The number of hydrogen-bond acceptors (Lipinski definition) is 3. The molecule has 1 rings (SSSR count). The van der Waals surface area contributed by atoms with Crippen molar-refractivity contribution in [1.82, 2.24) is 0 Å². The van der Waals surface area contributed by atoms with E-state index in [1.54, 1.807) is 25.3 Å². The van der Waals surface area contributed by atoms with Gasteiger partial charge >= 0.3 is 0 Å². The summed E-state index contributed by atoms with van der Waals surface area (Å²) in [6, 6.07) is 4.59. The molecular weight excluding hydrogens is 261 g/mol. The number of ether oxygens (including phenoxy) is 1. The van der Waals surface area contributed by atoms with E-state index in [0.29, 0.717) is 28.6 Å². The van der Waals surface area contributed by atoms with Gasteiger partial charge in [-0.2, -0.15) is 0 Å². The van der Waals surface area contributed by atoms with Crippen molar-refractivity contribution in [1.29, 1.82) is 0 Å². The van der Waals surface area contributed by atoms with Gasteiger partial charge in [0.05, 0.1) is 5.02 Å². The second-order valence-corrected chi connectivity index (χ2v) is 4.64. The summed E-state index contributed by atoms with van der Waals surface area (Å²) in [5.74, 6) is -0.0962. The van der Waals surface area contributed by atoms with Crippen molar-refractivity contribution in [3.8, 4) is 0 Å². The Morgan fingerprint density at radius 2 is 2.18 bits per heavy atom. The summed E-state index contributed by atoms with van der Waals surface area (Å²) >= 11 is 11.8. The molecule has 0 heterocycles. The van der Waals surface area contributed by atoms with Crippen molar-refractivity contribution in [2.75, 3.05) is 13.7 Å². The van der Waals surface area contributed by atoms with Crippen LogP contribution in [0.25, 0.3) is 0 Å². The monoisotopic (exact) mass is 275 g/mol. The van der Waals surface area contributed by atoms with Crippen molar-refractivity contribution < 1.29 is 9.53 Å². The largest absolute Gasteiger partial charge is 0.385 e. The predicted octanol–water partition coefficient (Wildman–Crippen LogP) is 2.93. The van der Waals surface area contributed by atoms with Crippen LogP contribution in [0.15, 0.2) is 18.2 Å².